The number of para-hydroxylation sites is 2. The first-order valence-electron chi connectivity index (χ1n) is 30.3. The lowest BCUT2D eigenvalue weighted by Crippen LogP contribution is -2.60. The molecular weight excluding hydrogens is 974 g/mol. The van der Waals surface area contributed by atoms with Gasteiger partial charge in [0.05, 0.1) is 0 Å². The van der Waals surface area contributed by atoms with E-state index in [1.165, 1.54) is 111 Å². The number of aryl methyl sites for hydroxylation is 3. The third-order valence-electron chi connectivity index (χ3n) is 19.6. The van der Waals surface area contributed by atoms with Gasteiger partial charge in [-0.05, 0) is 186 Å². The van der Waals surface area contributed by atoms with Crippen LogP contribution in [0.15, 0.2) is 194 Å². The van der Waals surface area contributed by atoms with Crippen molar-refractivity contribution in [2.24, 2.45) is 0 Å². The van der Waals surface area contributed by atoms with Crippen molar-refractivity contribution in [3.8, 4) is 22.3 Å². The normalized spacial score (nSPS) is 17.5. The molecule has 2 aliphatic carbocycles. The van der Waals surface area contributed by atoms with Gasteiger partial charge < -0.3 is 4.90 Å². The lowest BCUT2D eigenvalue weighted by Gasteiger charge is -2.39. The average molecular weight is 1060 g/mol. The standard InChI is InChI=1S/C79H84BN/c1-51-35-36-57(54-27-19-15-20-28-54)42-56(51)37-39-63-66-46-69-71(79(13,14)50-77(69,9)10)48-73(66)80(74-52(2)41-61(44-67(63)74)81(59-31-23-17-24-32-59)60-33-25-18-26-34-60)72-47-70-68(76(7,8)49-78(70,11)12)45-64(72)53(3)62-40-38-58(75(4,5)6)43-65(62)55-29-21-16-22-30-55/h15-36,38,40-48,53,63H,37,39,49-50H2,1-14H3. The van der Waals surface area contributed by atoms with Crippen molar-refractivity contribution in [1.82, 2.24) is 0 Å². The van der Waals surface area contributed by atoms with Gasteiger partial charge in [0.25, 0.3) is 0 Å². The second kappa shape index (κ2) is 20.1. The molecule has 0 bridgehead atoms. The van der Waals surface area contributed by atoms with Crippen LogP contribution in [0.1, 0.15) is 181 Å². The van der Waals surface area contributed by atoms with Crippen LogP contribution in [-0.4, -0.2) is 6.71 Å². The van der Waals surface area contributed by atoms with Gasteiger partial charge in [0.15, 0.2) is 0 Å². The highest BCUT2D eigenvalue weighted by Gasteiger charge is 2.48. The van der Waals surface area contributed by atoms with Crippen LogP contribution < -0.4 is 21.3 Å². The summed E-state index contributed by atoms with van der Waals surface area (Å²) in [5.41, 5.74) is 30.6. The van der Waals surface area contributed by atoms with Gasteiger partial charge in [-0.3, -0.25) is 0 Å². The highest BCUT2D eigenvalue weighted by atomic mass is 15.1. The molecule has 0 saturated heterocycles. The minimum Gasteiger partial charge on any atom is -0.310 e. The molecule has 2 heteroatoms. The van der Waals surface area contributed by atoms with E-state index in [-0.39, 0.29) is 45.6 Å². The third kappa shape index (κ3) is 9.73. The van der Waals surface area contributed by atoms with Crippen molar-refractivity contribution in [2.75, 3.05) is 4.90 Å². The monoisotopic (exact) mass is 1060 g/mol. The molecule has 2 atom stereocenters. The maximum atomic E-state index is 2.76. The Labute approximate surface area is 487 Å². The zero-order chi connectivity index (χ0) is 57.0. The minimum absolute atomic E-state index is 0.00262. The smallest absolute Gasteiger partial charge is 0.242 e. The van der Waals surface area contributed by atoms with Crippen LogP contribution in [0.5, 0.6) is 0 Å². The Morgan fingerprint density at radius 2 is 0.988 bits per heavy atom. The van der Waals surface area contributed by atoms with Gasteiger partial charge in [-0.1, -0.05) is 263 Å². The number of hydrogen-bond acceptors (Lipinski definition) is 1. The Balaban J connectivity index is 1.16. The van der Waals surface area contributed by atoms with Crippen LogP contribution in [0.25, 0.3) is 22.3 Å². The molecule has 0 radical (unpaired) electrons. The molecule has 1 nitrogen and oxygen atoms in total. The first-order chi connectivity index (χ1) is 38.5. The molecule has 1 aliphatic heterocycles. The maximum Gasteiger partial charge on any atom is 0.242 e. The molecule has 9 aromatic rings. The fourth-order valence-electron chi connectivity index (χ4n) is 15.9. The number of hydrogen-bond donors (Lipinski definition) is 0. The minimum atomic E-state index is -0.00792. The molecule has 81 heavy (non-hydrogen) atoms. The van der Waals surface area contributed by atoms with Gasteiger partial charge in [0.2, 0.25) is 6.71 Å². The molecule has 3 aliphatic rings. The average Bonchev–Trinajstić information content (AvgIpc) is 3.93. The van der Waals surface area contributed by atoms with Crippen LogP contribution in [0.3, 0.4) is 0 Å². The van der Waals surface area contributed by atoms with E-state index in [4.69, 9.17) is 0 Å². The van der Waals surface area contributed by atoms with E-state index in [1.807, 2.05) is 0 Å². The Bertz CT molecular complexity index is 3790. The second-order valence-electron chi connectivity index (χ2n) is 28.4. The summed E-state index contributed by atoms with van der Waals surface area (Å²) >= 11 is 0. The predicted molar refractivity (Wildman–Crippen MR) is 350 cm³/mol. The van der Waals surface area contributed by atoms with Crippen molar-refractivity contribution < 1.29 is 0 Å². The summed E-state index contributed by atoms with van der Waals surface area (Å²) in [5.74, 6) is 0.234. The molecule has 0 amide bonds. The molecule has 2 unspecified atom stereocenters. The fourth-order valence-corrected chi connectivity index (χ4v) is 15.9. The van der Waals surface area contributed by atoms with E-state index < -0.39 is 0 Å². The van der Waals surface area contributed by atoms with E-state index in [0.717, 1.165) is 37.1 Å². The number of anilines is 3. The Morgan fingerprint density at radius 3 is 1.56 bits per heavy atom. The first-order valence-corrected chi connectivity index (χ1v) is 30.3. The molecule has 9 aromatic carbocycles. The molecule has 0 N–H and O–H groups in total. The number of rotatable bonds is 11. The SMILES string of the molecule is Cc1ccc(-c2ccccc2)cc1CCC1c2cc3c(cc2B(c2cc4c(cc2C(C)c2ccc(C(C)(C)C)cc2-c2ccccc2)C(C)(C)CC4(C)C)c2c(C)cc(N(c4ccccc4)c4ccccc4)cc21)C(C)(C)CC3(C)C. The van der Waals surface area contributed by atoms with Gasteiger partial charge in [-0.15, -0.1) is 0 Å². The summed E-state index contributed by atoms with van der Waals surface area (Å²) in [7, 11) is 0. The van der Waals surface area contributed by atoms with Gasteiger partial charge in [-0.25, -0.2) is 0 Å². The van der Waals surface area contributed by atoms with Crippen molar-refractivity contribution in [1.29, 1.82) is 0 Å². The second-order valence-corrected chi connectivity index (χ2v) is 28.4. The highest BCUT2D eigenvalue weighted by Crippen LogP contribution is 2.53. The number of fused-ring (bicyclic) bond motifs is 4. The molecular formula is C79H84BN. The summed E-state index contributed by atoms with van der Waals surface area (Å²) in [6.45, 7) is 34.4. The van der Waals surface area contributed by atoms with Crippen LogP contribution in [0.4, 0.5) is 17.1 Å². The third-order valence-corrected chi connectivity index (χ3v) is 19.6. The Hall–Kier alpha value is -7.16. The number of nitrogens with zero attached hydrogens (tertiary/aromatic N) is 1. The van der Waals surface area contributed by atoms with Gasteiger partial charge in [0, 0.05) is 28.9 Å². The molecule has 1 heterocycles. The van der Waals surface area contributed by atoms with Crippen LogP contribution in [0, 0.1) is 13.8 Å². The first kappa shape index (κ1) is 54.4. The molecule has 0 saturated carbocycles. The van der Waals surface area contributed by atoms with E-state index in [2.05, 4.69) is 296 Å². The molecule has 12 rings (SSSR count). The Kier molecular flexibility index (Phi) is 13.5. The highest BCUT2D eigenvalue weighted by molar-refractivity contribution is 6.97. The van der Waals surface area contributed by atoms with Crippen molar-refractivity contribution in [2.45, 2.75) is 162 Å². The lowest BCUT2D eigenvalue weighted by molar-refractivity contribution is 0.402. The summed E-state index contributed by atoms with van der Waals surface area (Å²) in [6, 6.07) is 75.0. The van der Waals surface area contributed by atoms with Crippen molar-refractivity contribution in [3.63, 3.8) is 0 Å². The van der Waals surface area contributed by atoms with Crippen LogP contribution in [-0.2, 0) is 33.5 Å². The Morgan fingerprint density at radius 1 is 0.469 bits per heavy atom. The van der Waals surface area contributed by atoms with E-state index in [9.17, 15) is 0 Å². The largest absolute Gasteiger partial charge is 0.310 e. The van der Waals surface area contributed by atoms with Crippen molar-refractivity contribution >= 4 is 40.2 Å². The quantitative estimate of drug-likeness (QED) is 0.117. The topological polar surface area (TPSA) is 3.24 Å². The fraction of sp³-hybridized carbons (Fsp3) is 0.316. The summed E-state index contributed by atoms with van der Waals surface area (Å²) in [6.07, 6.45) is 4.19. The number of benzene rings is 9. The molecule has 408 valence electrons. The molecule has 0 spiro atoms. The van der Waals surface area contributed by atoms with E-state index >= 15 is 0 Å². The lowest BCUT2D eigenvalue weighted by atomic mass is 9.30. The summed E-state index contributed by atoms with van der Waals surface area (Å²) < 4.78 is 0. The summed E-state index contributed by atoms with van der Waals surface area (Å²) in [4.78, 5) is 2.50. The van der Waals surface area contributed by atoms with Gasteiger partial charge in [0.1, 0.15) is 0 Å². The maximum absolute atomic E-state index is 2.76. The molecule has 0 fully saturated rings. The van der Waals surface area contributed by atoms with Crippen LogP contribution in [0.2, 0.25) is 0 Å². The van der Waals surface area contributed by atoms with E-state index in [0.29, 0.717) is 0 Å². The van der Waals surface area contributed by atoms with Gasteiger partial charge >= 0.3 is 0 Å². The zero-order valence-electron chi connectivity index (χ0n) is 51.0. The van der Waals surface area contributed by atoms with Crippen molar-refractivity contribution in [3.05, 3.63) is 261 Å². The molecule has 0 aromatic heterocycles. The van der Waals surface area contributed by atoms with Gasteiger partial charge in [-0.2, -0.15) is 0 Å². The predicted octanol–water partition coefficient (Wildman–Crippen LogP) is 19.1. The van der Waals surface area contributed by atoms with Crippen LogP contribution >= 0.6 is 0 Å². The zero-order valence-corrected chi connectivity index (χ0v) is 51.0. The van der Waals surface area contributed by atoms with E-state index in [1.54, 1.807) is 0 Å². The summed E-state index contributed by atoms with van der Waals surface area (Å²) in [5, 5.41) is 0.